The number of nitrogens with one attached hydrogen (secondary N) is 3. The van der Waals surface area contributed by atoms with Crippen LogP contribution in [0.2, 0.25) is 10.0 Å². The summed E-state index contributed by atoms with van der Waals surface area (Å²) >= 11 is 11.8. The maximum atomic E-state index is 12.4. The van der Waals surface area contributed by atoms with Gasteiger partial charge in [0, 0.05) is 11.1 Å². The fourth-order valence-corrected chi connectivity index (χ4v) is 6.82. The van der Waals surface area contributed by atoms with Crippen molar-refractivity contribution in [3.05, 3.63) is 33.8 Å². The minimum atomic E-state index is -0.475. The summed E-state index contributed by atoms with van der Waals surface area (Å²) in [6.07, 6.45) is 7.74. The minimum absolute atomic E-state index is 0.104. The van der Waals surface area contributed by atoms with E-state index in [0.717, 1.165) is 17.8 Å². The molecule has 0 radical (unpaired) electrons. The van der Waals surface area contributed by atoms with Crippen molar-refractivity contribution in [3.8, 4) is 0 Å². The van der Waals surface area contributed by atoms with E-state index in [1.165, 1.54) is 50.7 Å². The van der Waals surface area contributed by atoms with Crippen molar-refractivity contribution in [1.82, 2.24) is 16.0 Å². The van der Waals surface area contributed by atoms with Gasteiger partial charge < -0.3 is 16.0 Å². The minimum Gasteiger partial charge on any atom is -0.352 e. The Bertz CT molecular complexity index is 854. The van der Waals surface area contributed by atoms with Gasteiger partial charge in [-0.3, -0.25) is 14.4 Å². The van der Waals surface area contributed by atoms with Crippen molar-refractivity contribution in [1.29, 1.82) is 0 Å². The molecule has 0 unspecified atom stereocenters. The lowest BCUT2D eigenvalue weighted by Crippen LogP contribution is -2.56. The molecule has 31 heavy (non-hydrogen) atoms. The van der Waals surface area contributed by atoms with Crippen LogP contribution in [0.3, 0.4) is 0 Å². The Morgan fingerprint density at radius 1 is 0.968 bits per heavy atom. The SMILES string of the molecule is C[C@@H](NC(=O)CNC(=O)CNC(=O)c1ccc(Cl)cc1Cl)C12CC3CC(CC(C3)C1)C2. The maximum Gasteiger partial charge on any atom is 0.253 e. The first-order valence-corrected chi connectivity index (χ1v) is 11.8. The van der Waals surface area contributed by atoms with E-state index in [9.17, 15) is 14.4 Å². The van der Waals surface area contributed by atoms with Crippen LogP contribution in [0.15, 0.2) is 18.2 Å². The molecule has 4 bridgehead atoms. The molecule has 4 aliphatic carbocycles. The van der Waals surface area contributed by atoms with Crippen LogP contribution in [0.25, 0.3) is 0 Å². The van der Waals surface area contributed by atoms with Crippen LogP contribution in [0.4, 0.5) is 0 Å². The summed E-state index contributed by atoms with van der Waals surface area (Å²) in [6.45, 7) is 1.77. The summed E-state index contributed by atoms with van der Waals surface area (Å²) in [5.74, 6) is 1.37. The van der Waals surface area contributed by atoms with Crippen LogP contribution in [-0.4, -0.2) is 36.9 Å². The van der Waals surface area contributed by atoms with Gasteiger partial charge in [-0.2, -0.15) is 0 Å². The van der Waals surface area contributed by atoms with Crippen molar-refractivity contribution in [2.75, 3.05) is 13.1 Å². The number of amides is 3. The van der Waals surface area contributed by atoms with Crippen molar-refractivity contribution < 1.29 is 14.4 Å². The average molecular weight is 466 g/mol. The predicted molar refractivity (Wildman–Crippen MR) is 120 cm³/mol. The van der Waals surface area contributed by atoms with E-state index in [4.69, 9.17) is 23.2 Å². The lowest BCUT2D eigenvalue weighted by Gasteiger charge is -2.59. The van der Waals surface area contributed by atoms with E-state index in [2.05, 4.69) is 22.9 Å². The second-order valence-electron chi connectivity index (χ2n) is 9.65. The Kier molecular flexibility index (Phi) is 6.50. The molecule has 6 nitrogen and oxygen atoms in total. The van der Waals surface area contributed by atoms with Crippen LogP contribution in [0.5, 0.6) is 0 Å². The standard InChI is InChI=1S/C23H29Cl2N3O3/c1-13(23-8-14-4-15(9-23)6-16(5-14)10-23)28-21(30)12-26-20(29)11-27-22(31)18-3-2-17(24)7-19(18)25/h2-3,7,13-16H,4-6,8-12H2,1H3,(H,26,29)(H,27,31)(H,28,30)/t13-,14?,15?,16?,23?/m1/s1. The molecular formula is C23H29Cl2N3O3. The molecule has 4 fully saturated rings. The van der Waals surface area contributed by atoms with E-state index in [1.807, 2.05) is 0 Å². The van der Waals surface area contributed by atoms with Crippen molar-refractivity contribution in [3.63, 3.8) is 0 Å². The summed E-state index contributed by atoms with van der Waals surface area (Å²) in [4.78, 5) is 36.7. The van der Waals surface area contributed by atoms with Gasteiger partial charge in [0.05, 0.1) is 23.7 Å². The van der Waals surface area contributed by atoms with Crippen LogP contribution in [0, 0.1) is 23.2 Å². The summed E-state index contributed by atoms with van der Waals surface area (Å²) < 4.78 is 0. The van der Waals surface area contributed by atoms with Crippen LogP contribution >= 0.6 is 23.2 Å². The van der Waals surface area contributed by atoms with Crippen LogP contribution in [-0.2, 0) is 9.59 Å². The van der Waals surface area contributed by atoms with E-state index in [-0.39, 0.29) is 41.0 Å². The second-order valence-corrected chi connectivity index (χ2v) is 10.5. The second kappa shape index (κ2) is 8.99. The zero-order valence-corrected chi connectivity index (χ0v) is 19.2. The summed E-state index contributed by atoms with van der Waals surface area (Å²) in [5, 5.41) is 8.84. The first-order valence-electron chi connectivity index (χ1n) is 11.0. The Morgan fingerprint density at radius 3 is 2.13 bits per heavy atom. The molecule has 5 rings (SSSR count). The Balaban J connectivity index is 1.21. The predicted octanol–water partition coefficient (Wildman–Crippen LogP) is 3.56. The quantitative estimate of drug-likeness (QED) is 0.575. The zero-order chi connectivity index (χ0) is 22.2. The van der Waals surface area contributed by atoms with Gasteiger partial charge in [0.2, 0.25) is 11.8 Å². The van der Waals surface area contributed by atoms with Crippen LogP contribution in [0.1, 0.15) is 55.8 Å². The molecule has 4 aliphatic rings. The highest BCUT2D eigenvalue weighted by Crippen LogP contribution is 2.61. The number of carbonyl (C=O) groups is 3. The first-order chi connectivity index (χ1) is 14.7. The molecule has 1 atom stereocenters. The fraction of sp³-hybridized carbons (Fsp3) is 0.609. The first kappa shape index (κ1) is 22.4. The number of benzene rings is 1. The van der Waals surface area contributed by atoms with Gasteiger partial charge >= 0.3 is 0 Å². The molecule has 0 heterocycles. The molecular weight excluding hydrogens is 437 g/mol. The number of rotatable bonds is 7. The van der Waals surface area contributed by atoms with E-state index < -0.39 is 11.8 Å². The van der Waals surface area contributed by atoms with Crippen molar-refractivity contribution in [2.24, 2.45) is 23.2 Å². The summed E-state index contributed by atoms with van der Waals surface area (Å²) in [6, 6.07) is 4.62. The van der Waals surface area contributed by atoms with Crippen molar-refractivity contribution in [2.45, 2.75) is 51.5 Å². The number of hydrogen-bond donors (Lipinski definition) is 3. The Hall–Kier alpha value is -1.79. The molecule has 8 heteroatoms. The summed E-state index contributed by atoms with van der Waals surface area (Å²) in [5.41, 5.74) is 0.460. The van der Waals surface area contributed by atoms with Gasteiger partial charge in [0.25, 0.3) is 5.91 Å². The highest BCUT2D eigenvalue weighted by Gasteiger charge is 2.53. The third-order valence-corrected chi connectivity index (χ3v) is 7.96. The van der Waals surface area contributed by atoms with Gasteiger partial charge in [-0.15, -0.1) is 0 Å². The molecule has 0 aromatic heterocycles. The molecule has 168 valence electrons. The van der Waals surface area contributed by atoms with E-state index in [0.29, 0.717) is 5.02 Å². The third-order valence-electron chi connectivity index (χ3n) is 7.41. The van der Waals surface area contributed by atoms with Gasteiger partial charge in [0.1, 0.15) is 0 Å². The third kappa shape index (κ3) is 5.01. The Labute approximate surface area is 192 Å². The van der Waals surface area contributed by atoms with Gasteiger partial charge in [0.15, 0.2) is 0 Å². The van der Waals surface area contributed by atoms with E-state index in [1.54, 1.807) is 6.07 Å². The number of carbonyl (C=O) groups excluding carboxylic acids is 3. The number of halogens is 2. The summed E-state index contributed by atoms with van der Waals surface area (Å²) in [7, 11) is 0. The number of hydrogen-bond acceptors (Lipinski definition) is 3. The van der Waals surface area contributed by atoms with Gasteiger partial charge in [-0.1, -0.05) is 23.2 Å². The molecule has 4 saturated carbocycles. The molecule has 0 saturated heterocycles. The van der Waals surface area contributed by atoms with Crippen molar-refractivity contribution >= 4 is 40.9 Å². The molecule has 3 amide bonds. The molecule has 0 spiro atoms. The smallest absolute Gasteiger partial charge is 0.253 e. The molecule has 3 N–H and O–H groups in total. The normalized spacial score (nSPS) is 29.3. The topological polar surface area (TPSA) is 87.3 Å². The zero-order valence-electron chi connectivity index (χ0n) is 17.7. The Morgan fingerprint density at radius 2 is 1.55 bits per heavy atom. The average Bonchev–Trinajstić information content (AvgIpc) is 2.69. The molecule has 1 aromatic carbocycles. The maximum absolute atomic E-state index is 12.4. The van der Waals surface area contributed by atoms with Crippen LogP contribution < -0.4 is 16.0 Å². The van der Waals surface area contributed by atoms with Gasteiger partial charge in [-0.05, 0) is 86.8 Å². The fourth-order valence-electron chi connectivity index (χ4n) is 6.32. The lowest BCUT2D eigenvalue weighted by molar-refractivity contribution is -0.128. The molecule has 1 aromatic rings. The highest BCUT2D eigenvalue weighted by molar-refractivity contribution is 6.36. The molecule has 0 aliphatic heterocycles. The van der Waals surface area contributed by atoms with Gasteiger partial charge in [-0.25, -0.2) is 0 Å². The van der Waals surface area contributed by atoms with E-state index >= 15 is 0 Å². The highest BCUT2D eigenvalue weighted by atomic mass is 35.5. The monoisotopic (exact) mass is 465 g/mol. The lowest BCUT2D eigenvalue weighted by atomic mass is 9.48. The largest absolute Gasteiger partial charge is 0.352 e.